The lowest BCUT2D eigenvalue weighted by atomic mass is 10.2. The molecule has 1 aromatic carbocycles. The third kappa shape index (κ3) is 2.64. The molecule has 0 heterocycles. The summed E-state index contributed by atoms with van der Waals surface area (Å²) >= 11 is 0. The van der Waals surface area contributed by atoms with Crippen molar-refractivity contribution in [1.29, 1.82) is 5.26 Å². The summed E-state index contributed by atoms with van der Waals surface area (Å²) in [7, 11) is 0. The smallest absolute Gasteiger partial charge is 0.126 e. The molecule has 1 rings (SSSR count). The molecular weight excluding hydrogens is 162 g/mol. The van der Waals surface area contributed by atoms with Crippen molar-refractivity contribution in [3.63, 3.8) is 0 Å². The van der Waals surface area contributed by atoms with Gasteiger partial charge >= 0.3 is 0 Å². The molecule has 0 aliphatic rings. The highest BCUT2D eigenvalue weighted by Crippen LogP contribution is 2.18. The Morgan fingerprint density at radius 3 is 2.92 bits per heavy atom. The van der Waals surface area contributed by atoms with Crippen LogP contribution >= 0.6 is 0 Å². The van der Waals surface area contributed by atoms with Crippen LogP contribution in [0.4, 0.5) is 0 Å². The van der Waals surface area contributed by atoms with E-state index in [2.05, 4.69) is 0 Å². The number of allylic oxidation sites excluding steroid dienone is 1. The zero-order valence-corrected chi connectivity index (χ0v) is 7.53. The minimum Gasteiger partial charge on any atom is -0.493 e. The van der Waals surface area contributed by atoms with Crippen LogP contribution < -0.4 is 4.74 Å². The van der Waals surface area contributed by atoms with Crippen LogP contribution in [0.25, 0.3) is 6.08 Å². The summed E-state index contributed by atoms with van der Waals surface area (Å²) in [5.74, 6) is 0.816. The van der Waals surface area contributed by atoms with Crippen LogP contribution in [0.1, 0.15) is 12.5 Å². The molecular formula is C11H11NO. The summed E-state index contributed by atoms with van der Waals surface area (Å²) in [6.07, 6.45) is 3.18. The van der Waals surface area contributed by atoms with Crippen LogP contribution in [0.5, 0.6) is 5.75 Å². The van der Waals surface area contributed by atoms with E-state index in [9.17, 15) is 0 Å². The molecule has 0 fully saturated rings. The first-order valence-corrected chi connectivity index (χ1v) is 4.16. The second-order valence-electron chi connectivity index (χ2n) is 2.43. The maximum absolute atomic E-state index is 8.37. The van der Waals surface area contributed by atoms with Crippen LogP contribution in [0.3, 0.4) is 0 Å². The zero-order chi connectivity index (χ0) is 9.52. The summed E-state index contributed by atoms with van der Waals surface area (Å²) in [6, 6.07) is 9.58. The topological polar surface area (TPSA) is 33.0 Å². The lowest BCUT2D eigenvalue weighted by Crippen LogP contribution is -1.92. The largest absolute Gasteiger partial charge is 0.493 e. The van der Waals surface area contributed by atoms with Gasteiger partial charge in [-0.3, -0.25) is 0 Å². The Hall–Kier alpha value is -1.75. The van der Waals surface area contributed by atoms with E-state index in [-0.39, 0.29) is 0 Å². The van der Waals surface area contributed by atoms with Gasteiger partial charge in [0.25, 0.3) is 0 Å². The number of hydrogen-bond donors (Lipinski definition) is 0. The van der Waals surface area contributed by atoms with Gasteiger partial charge in [0, 0.05) is 11.6 Å². The molecule has 0 aliphatic carbocycles. The molecule has 66 valence electrons. The number of nitriles is 1. The van der Waals surface area contributed by atoms with Crippen LogP contribution in [-0.4, -0.2) is 6.61 Å². The molecule has 1 aromatic rings. The Morgan fingerprint density at radius 1 is 1.46 bits per heavy atom. The molecule has 0 atom stereocenters. The van der Waals surface area contributed by atoms with Crippen molar-refractivity contribution in [2.24, 2.45) is 0 Å². The number of para-hydroxylation sites is 1. The number of rotatable bonds is 3. The molecule has 0 radical (unpaired) electrons. The molecule has 0 aliphatic heterocycles. The van der Waals surface area contributed by atoms with Gasteiger partial charge in [-0.05, 0) is 19.1 Å². The van der Waals surface area contributed by atoms with Gasteiger partial charge in [0.15, 0.2) is 0 Å². The number of nitrogens with zero attached hydrogens (tertiary/aromatic N) is 1. The van der Waals surface area contributed by atoms with Gasteiger partial charge in [-0.25, -0.2) is 0 Å². The van der Waals surface area contributed by atoms with Gasteiger partial charge in [-0.15, -0.1) is 0 Å². The quantitative estimate of drug-likeness (QED) is 0.658. The van der Waals surface area contributed by atoms with Crippen LogP contribution in [-0.2, 0) is 0 Å². The standard InChI is InChI=1S/C11H11NO/c1-2-13-11-8-4-3-6-10(11)7-5-9-12/h3-8H,2H2,1H3/b7-5+. The molecule has 0 amide bonds. The molecule has 0 unspecified atom stereocenters. The van der Waals surface area contributed by atoms with Gasteiger partial charge in [0.1, 0.15) is 5.75 Å². The summed E-state index contributed by atoms with van der Waals surface area (Å²) in [6.45, 7) is 2.57. The highest BCUT2D eigenvalue weighted by atomic mass is 16.5. The van der Waals surface area contributed by atoms with Crippen LogP contribution in [0.15, 0.2) is 30.3 Å². The molecule has 0 spiro atoms. The summed E-state index contributed by atoms with van der Waals surface area (Å²) in [5.41, 5.74) is 0.936. The summed E-state index contributed by atoms with van der Waals surface area (Å²) < 4.78 is 5.37. The molecule has 0 aromatic heterocycles. The molecule has 0 saturated heterocycles. The first-order valence-electron chi connectivity index (χ1n) is 4.16. The summed E-state index contributed by atoms with van der Waals surface area (Å²) in [4.78, 5) is 0. The predicted octanol–water partition coefficient (Wildman–Crippen LogP) is 2.62. The molecule has 13 heavy (non-hydrogen) atoms. The van der Waals surface area contributed by atoms with Gasteiger partial charge in [0.05, 0.1) is 12.7 Å². The molecule has 0 N–H and O–H groups in total. The number of hydrogen-bond acceptors (Lipinski definition) is 2. The fourth-order valence-corrected chi connectivity index (χ4v) is 1.03. The Balaban J connectivity index is 2.92. The Morgan fingerprint density at radius 2 is 2.23 bits per heavy atom. The number of ether oxygens (including phenoxy) is 1. The maximum atomic E-state index is 8.37. The lowest BCUT2D eigenvalue weighted by Gasteiger charge is -2.05. The second-order valence-corrected chi connectivity index (χ2v) is 2.43. The van der Waals surface area contributed by atoms with E-state index in [1.807, 2.05) is 37.3 Å². The Bertz CT molecular complexity index is 336. The zero-order valence-electron chi connectivity index (χ0n) is 7.53. The van der Waals surface area contributed by atoms with E-state index in [1.165, 1.54) is 6.08 Å². The van der Waals surface area contributed by atoms with Crippen molar-refractivity contribution in [1.82, 2.24) is 0 Å². The van der Waals surface area contributed by atoms with Crippen molar-refractivity contribution >= 4 is 6.08 Å². The minimum atomic E-state index is 0.636. The molecule has 0 saturated carbocycles. The van der Waals surface area contributed by atoms with Gasteiger partial charge < -0.3 is 4.74 Å². The van der Waals surface area contributed by atoms with Crippen molar-refractivity contribution < 1.29 is 4.74 Å². The highest BCUT2D eigenvalue weighted by Gasteiger charge is 1.96. The average Bonchev–Trinajstić information content (AvgIpc) is 2.17. The lowest BCUT2D eigenvalue weighted by molar-refractivity contribution is 0.339. The van der Waals surface area contributed by atoms with E-state index in [4.69, 9.17) is 10.00 Å². The Labute approximate surface area is 78.1 Å². The van der Waals surface area contributed by atoms with Gasteiger partial charge in [-0.2, -0.15) is 5.26 Å². The third-order valence-corrected chi connectivity index (χ3v) is 1.56. The van der Waals surface area contributed by atoms with Crippen LogP contribution in [0.2, 0.25) is 0 Å². The van der Waals surface area contributed by atoms with E-state index < -0.39 is 0 Å². The third-order valence-electron chi connectivity index (χ3n) is 1.56. The van der Waals surface area contributed by atoms with E-state index in [0.29, 0.717) is 6.61 Å². The van der Waals surface area contributed by atoms with Crippen molar-refractivity contribution in [3.05, 3.63) is 35.9 Å². The SMILES string of the molecule is CCOc1ccccc1/C=C/C#N. The average molecular weight is 173 g/mol. The van der Waals surface area contributed by atoms with Crippen molar-refractivity contribution in [2.75, 3.05) is 6.61 Å². The monoisotopic (exact) mass is 173 g/mol. The fourth-order valence-electron chi connectivity index (χ4n) is 1.03. The minimum absolute atomic E-state index is 0.636. The second kappa shape index (κ2) is 5.00. The van der Waals surface area contributed by atoms with Crippen molar-refractivity contribution in [3.8, 4) is 11.8 Å². The van der Waals surface area contributed by atoms with Crippen LogP contribution in [0, 0.1) is 11.3 Å². The molecule has 2 nitrogen and oxygen atoms in total. The fraction of sp³-hybridized carbons (Fsp3) is 0.182. The molecule has 2 heteroatoms. The van der Waals surface area contributed by atoms with Crippen molar-refractivity contribution in [2.45, 2.75) is 6.92 Å². The van der Waals surface area contributed by atoms with E-state index in [0.717, 1.165) is 11.3 Å². The first kappa shape index (κ1) is 9.34. The molecule has 0 bridgehead atoms. The highest BCUT2D eigenvalue weighted by molar-refractivity contribution is 5.58. The summed E-state index contributed by atoms with van der Waals surface area (Å²) in [5, 5.41) is 8.37. The van der Waals surface area contributed by atoms with Gasteiger partial charge in [0.2, 0.25) is 0 Å². The van der Waals surface area contributed by atoms with E-state index in [1.54, 1.807) is 6.08 Å². The number of benzene rings is 1. The predicted molar refractivity (Wildman–Crippen MR) is 52.3 cm³/mol. The van der Waals surface area contributed by atoms with E-state index >= 15 is 0 Å². The maximum Gasteiger partial charge on any atom is 0.126 e. The normalized spacial score (nSPS) is 9.85. The Kier molecular flexibility index (Phi) is 3.59. The first-order chi connectivity index (χ1) is 6.38. The van der Waals surface area contributed by atoms with Gasteiger partial charge in [-0.1, -0.05) is 18.2 Å².